The number of halogens is 1. The third kappa shape index (κ3) is 3.14. The van der Waals surface area contributed by atoms with Crippen LogP contribution in [0.3, 0.4) is 0 Å². The number of nitro groups is 1. The first-order valence-electron chi connectivity index (χ1n) is 6.00. The van der Waals surface area contributed by atoms with Crippen LogP contribution >= 0.6 is 0 Å². The van der Waals surface area contributed by atoms with Crippen LogP contribution in [-0.2, 0) is 0 Å². The summed E-state index contributed by atoms with van der Waals surface area (Å²) in [4.78, 5) is 22.1. The summed E-state index contributed by atoms with van der Waals surface area (Å²) in [6, 6.07) is 8.24. The van der Waals surface area contributed by atoms with E-state index in [2.05, 4.69) is 5.32 Å². The van der Waals surface area contributed by atoms with Gasteiger partial charge in [-0.2, -0.15) is 0 Å². The van der Waals surface area contributed by atoms with E-state index >= 15 is 0 Å². The fourth-order valence-corrected chi connectivity index (χ4v) is 1.79. The lowest BCUT2D eigenvalue weighted by atomic mass is 10.1. The zero-order valence-electron chi connectivity index (χ0n) is 11.1. The summed E-state index contributed by atoms with van der Waals surface area (Å²) in [7, 11) is 0. The standard InChI is InChI=1S/C14H12FN3O3/c1-8-6-11(18(20)21)7-12(13(8)15)14(19)17-10-4-2-9(16)3-5-10/h2-7H,16H2,1H3,(H,17,19). The third-order valence-electron chi connectivity index (χ3n) is 2.86. The molecule has 108 valence electrons. The van der Waals surface area contributed by atoms with E-state index in [4.69, 9.17) is 5.73 Å². The predicted molar refractivity (Wildman–Crippen MR) is 76.6 cm³/mol. The number of hydrogen-bond acceptors (Lipinski definition) is 4. The number of nitrogens with one attached hydrogen (secondary N) is 1. The van der Waals surface area contributed by atoms with E-state index in [9.17, 15) is 19.3 Å². The van der Waals surface area contributed by atoms with Gasteiger partial charge in [0.2, 0.25) is 0 Å². The largest absolute Gasteiger partial charge is 0.399 e. The molecule has 0 radical (unpaired) electrons. The lowest BCUT2D eigenvalue weighted by Crippen LogP contribution is -2.15. The molecular formula is C14H12FN3O3. The van der Waals surface area contributed by atoms with Gasteiger partial charge in [0, 0.05) is 23.5 Å². The number of hydrogen-bond donors (Lipinski definition) is 2. The third-order valence-corrected chi connectivity index (χ3v) is 2.86. The predicted octanol–water partition coefficient (Wildman–Crippen LogP) is 2.88. The molecule has 0 aliphatic heterocycles. The van der Waals surface area contributed by atoms with E-state index in [1.807, 2.05) is 0 Å². The van der Waals surface area contributed by atoms with Crippen molar-refractivity contribution in [3.8, 4) is 0 Å². The SMILES string of the molecule is Cc1cc([N+](=O)[O-])cc(C(=O)Nc2ccc(N)cc2)c1F. The fraction of sp³-hybridized carbons (Fsp3) is 0.0714. The molecular weight excluding hydrogens is 277 g/mol. The smallest absolute Gasteiger partial charge is 0.270 e. The molecule has 6 nitrogen and oxygen atoms in total. The Labute approximate surface area is 119 Å². The highest BCUT2D eigenvalue weighted by atomic mass is 19.1. The minimum atomic E-state index is -0.784. The van der Waals surface area contributed by atoms with Crippen LogP contribution in [0.15, 0.2) is 36.4 Å². The summed E-state index contributed by atoms with van der Waals surface area (Å²) in [5.41, 5.74) is 5.77. The van der Waals surface area contributed by atoms with Crippen LogP contribution in [0, 0.1) is 22.9 Å². The van der Waals surface area contributed by atoms with Crippen molar-refractivity contribution in [2.45, 2.75) is 6.92 Å². The Balaban J connectivity index is 2.34. The number of amides is 1. The Bertz CT molecular complexity index is 714. The van der Waals surface area contributed by atoms with Crippen molar-refractivity contribution in [1.29, 1.82) is 0 Å². The molecule has 1 amide bonds. The van der Waals surface area contributed by atoms with Crippen LogP contribution in [0.2, 0.25) is 0 Å². The topological polar surface area (TPSA) is 98.3 Å². The number of aryl methyl sites for hydroxylation is 1. The van der Waals surface area contributed by atoms with Gasteiger partial charge in [0.05, 0.1) is 10.5 Å². The van der Waals surface area contributed by atoms with Crippen LogP contribution in [0.25, 0.3) is 0 Å². The Morgan fingerprint density at radius 1 is 1.29 bits per heavy atom. The van der Waals surface area contributed by atoms with Crippen molar-refractivity contribution >= 4 is 23.0 Å². The molecule has 7 heteroatoms. The normalized spacial score (nSPS) is 10.2. The first-order valence-corrected chi connectivity index (χ1v) is 6.00. The number of non-ortho nitro benzene ring substituents is 1. The molecule has 21 heavy (non-hydrogen) atoms. The summed E-state index contributed by atoms with van der Waals surface area (Å²) in [5, 5.41) is 13.2. The van der Waals surface area contributed by atoms with Gasteiger partial charge >= 0.3 is 0 Å². The lowest BCUT2D eigenvalue weighted by molar-refractivity contribution is -0.385. The lowest BCUT2D eigenvalue weighted by Gasteiger charge is -2.08. The van der Waals surface area contributed by atoms with Crippen molar-refractivity contribution in [3.63, 3.8) is 0 Å². The molecule has 0 spiro atoms. The number of carbonyl (C=O) groups excluding carboxylic acids is 1. The van der Waals surface area contributed by atoms with Gasteiger partial charge in [0.1, 0.15) is 5.82 Å². The maximum atomic E-state index is 14.0. The minimum Gasteiger partial charge on any atom is -0.399 e. The maximum absolute atomic E-state index is 14.0. The van der Waals surface area contributed by atoms with Crippen LogP contribution < -0.4 is 11.1 Å². The highest BCUT2D eigenvalue weighted by Gasteiger charge is 2.19. The molecule has 0 fully saturated rings. The molecule has 0 saturated heterocycles. The molecule has 0 aliphatic carbocycles. The molecule has 2 aromatic rings. The van der Waals surface area contributed by atoms with Crippen LogP contribution in [0.5, 0.6) is 0 Å². The molecule has 0 bridgehead atoms. The average molecular weight is 289 g/mol. The van der Waals surface area contributed by atoms with Gasteiger partial charge < -0.3 is 11.1 Å². The van der Waals surface area contributed by atoms with E-state index in [0.717, 1.165) is 12.1 Å². The van der Waals surface area contributed by atoms with Gasteiger partial charge in [-0.3, -0.25) is 14.9 Å². The van der Waals surface area contributed by atoms with Crippen LogP contribution in [0.4, 0.5) is 21.5 Å². The van der Waals surface area contributed by atoms with Gasteiger partial charge in [-0.15, -0.1) is 0 Å². The monoisotopic (exact) mass is 289 g/mol. The van der Waals surface area contributed by atoms with Crippen molar-refractivity contribution < 1.29 is 14.1 Å². The summed E-state index contributed by atoms with van der Waals surface area (Å²) in [6.07, 6.45) is 0. The second-order valence-electron chi connectivity index (χ2n) is 4.46. The molecule has 0 saturated carbocycles. The summed E-state index contributed by atoms with van der Waals surface area (Å²) in [5.74, 6) is -1.54. The number of nitrogens with two attached hydrogens (primary N) is 1. The molecule has 0 aliphatic rings. The average Bonchev–Trinajstić information content (AvgIpc) is 2.43. The van der Waals surface area contributed by atoms with Crippen LogP contribution in [-0.4, -0.2) is 10.8 Å². The summed E-state index contributed by atoms with van der Waals surface area (Å²) >= 11 is 0. The summed E-state index contributed by atoms with van der Waals surface area (Å²) < 4.78 is 14.0. The second-order valence-corrected chi connectivity index (χ2v) is 4.46. The fourth-order valence-electron chi connectivity index (χ4n) is 1.79. The Morgan fingerprint density at radius 3 is 2.48 bits per heavy atom. The molecule has 2 rings (SSSR count). The number of nitrogen functional groups attached to an aromatic ring is 1. The Kier molecular flexibility index (Phi) is 3.84. The maximum Gasteiger partial charge on any atom is 0.270 e. The number of anilines is 2. The molecule has 0 aromatic heterocycles. The number of carbonyl (C=O) groups is 1. The molecule has 0 atom stereocenters. The summed E-state index contributed by atoms with van der Waals surface area (Å²) in [6.45, 7) is 1.36. The molecule has 3 N–H and O–H groups in total. The van der Waals surface area contributed by atoms with Crippen molar-refractivity contribution in [3.05, 3.63) is 63.5 Å². The number of nitro benzene ring substituents is 1. The number of nitrogens with zero attached hydrogens (tertiary/aromatic N) is 1. The van der Waals surface area contributed by atoms with Gasteiger partial charge in [-0.1, -0.05) is 0 Å². The molecule has 2 aromatic carbocycles. The van der Waals surface area contributed by atoms with E-state index in [1.165, 1.54) is 6.92 Å². The van der Waals surface area contributed by atoms with E-state index in [1.54, 1.807) is 24.3 Å². The van der Waals surface area contributed by atoms with E-state index < -0.39 is 16.6 Å². The minimum absolute atomic E-state index is 0.0339. The first kappa shape index (κ1) is 14.4. The van der Waals surface area contributed by atoms with E-state index in [0.29, 0.717) is 11.4 Å². The number of rotatable bonds is 3. The molecule has 0 unspecified atom stereocenters. The van der Waals surface area contributed by atoms with Crippen LogP contribution in [0.1, 0.15) is 15.9 Å². The van der Waals surface area contributed by atoms with Gasteiger partial charge in [-0.25, -0.2) is 4.39 Å². The zero-order valence-corrected chi connectivity index (χ0v) is 11.1. The van der Waals surface area contributed by atoms with Gasteiger partial charge in [0.25, 0.3) is 11.6 Å². The molecule has 0 heterocycles. The van der Waals surface area contributed by atoms with Crippen molar-refractivity contribution in [2.24, 2.45) is 0 Å². The first-order chi connectivity index (χ1) is 9.88. The quantitative estimate of drug-likeness (QED) is 0.515. The van der Waals surface area contributed by atoms with Crippen molar-refractivity contribution in [1.82, 2.24) is 0 Å². The van der Waals surface area contributed by atoms with Gasteiger partial charge in [0.15, 0.2) is 0 Å². The second kappa shape index (κ2) is 5.58. The van der Waals surface area contributed by atoms with Gasteiger partial charge in [-0.05, 0) is 36.8 Å². The van der Waals surface area contributed by atoms with E-state index in [-0.39, 0.29) is 16.8 Å². The van der Waals surface area contributed by atoms with Crippen molar-refractivity contribution in [2.75, 3.05) is 11.1 Å². The highest BCUT2D eigenvalue weighted by molar-refractivity contribution is 6.05. The highest BCUT2D eigenvalue weighted by Crippen LogP contribution is 2.22. The number of benzene rings is 2. The zero-order chi connectivity index (χ0) is 15.6. The Morgan fingerprint density at radius 2 is 1.90 bits per heavy atom. The Hall–Kier alpha value is -2.96.